The lowest BCUT2D eigenvalue weighted by Crippen LogP contribution is -2.31. The van der Waals surface area contributed by atoms with Crippen molar-refractivity contribution in [1.82, 2.24) is 10.2 Å². The van der Waals surface area contributed by atoms with Crippen LogP contribution in [0.3, 0.4) is 0 Å². The van der Waals surface area contributed by atoms with E-state index in [1.165, 1.54) is 5.56 Å². The summed E-state index contributed by atoms with van der Waals surface area (Å²) >= 11 is 0. The molecule has 1 N–H and O–H groups in total. The summed E-state index contributed by atoms with van der Waals surface area (Å²) < 4.78 is 0. The van der Waals surface area contributed by atoms with E-state index in [1.807, 2.05) is 67.6 Å². The Morgan fingerprint density at radius 3 is 2.07 bits per heavy atom. The summed E-state index contributed by atoms with van der Waals surface area (Å²) in [5.74, 6) is -0.239. The van der Waals surface area contributed by atoms with E-state index >= 15 is 0 Å². The Labute approximate surface area is 172 Å². The minimum atomic E-state index is -0.165. The van der Waals surface area contributed by atoms with Crippen LogP contribution in [0.15, 0.2) is 84.9 Å². The van der Waals surface area contributed by atoms with Gasteiger partial charge in [0, 0.05) is 30.8 Å². The Bertz CT molecular complexity index is 939. The number of nitrogens with zero attached hydrogens (tertiary/aromatic N) is 1. The maximum atomic E-state index is 12.9. The van der Waals surface area contributed by atoms with Gasteiger partial charge < -0.3 is 10.2 Å². The normalized spacial score (nSPS) is 10.4. The molecule has 3 rings (SSSR count). The van der Waals surface area contributed by atoms with Gasteiger partial charge in [0.25, 0.3) is 11.8 Å². The molecule has 0 radical (unpaired) electrons. The summed E-state index contributed by atoms with van der Waals surface area (Å²) in [6.07, 6.45) is 0.770. The van der Waals surface area contributed by atoms with E-state index in [9.17, 15) is 9.59 Å². The number of benzene rings is 3. The van der Waals surface area contributed by atoms with Gasteiger partial charge in [0.05, 0.1) is 0 Å². The molecule has 0 saturated carbocycles. The molecule has 3 aromatic carbocycles. The first-order valence-corrected chi connectivity index (χ1v) is 9.92. The summed E-state index contributed by atoms with van der Waals surface area (Å²) in [5, 5.41) is 2.93. The maximum Gasteiger partial charge on any atom is 0.254 e. The second kappa shape index (κ2) is 10.2. The van der Waals surface area contributed by atoms with Gasteiger partial charge >= 0.3 is 0 Å². The number of rotatable bonds is 8. The Kier molecular flexibility index (Phi) is 7.17. The van der Waals surface area contributed by atoms with E-state index in [0.717, 1.165) is 12.0 Å². The number of nitrogens with one attached hydrogen (secondary N) is 1. The van der Waals surface area contributed by atoms with Gasteiger partial charge in [-0.05, 0) is 42.7 Å². The second-order valence-corrected chi connectivity index (χ2v) is 6.88. The van der Waals surface area contributed by atoms with Crippen molar-refractivity contribution in [1.29, 1.82) is 0 Å². The molecule has 4 nitrogen and oxygen atoms in total. The number of carbonyl (C=O) groups excluding carboxylic acids is 2. The van der Waals surface area contributed by atoms with E-state index in [4.69, 9.17) is 0 Å². The van der Waals surface area contributed by atoms with Crippen molar-refractivity contribution in [3.05, 3.63) is 107 Å². The van der Waals surface area contributed by atoms with Gasteiger partial charge in [-0.15, -0.1) is 0 Å². The second-order valence-electron chi connectivity index (χ2n) is 6.88. The highest BCUT2D eigenvalue weighted by molar-refractivity contribution is 5.99. The molecule has 0 saturated heterocycles. The average molecular weight is 386 g/mol. The average Bonchev–Trinajstić information content (AvgIpc) is 2.78. The molecule has 0 fully saturated rings. The van der Waals surface area contributed by atoms with Crippen LogP contribution < -0.4 is 5.32 Å². The van der Waals surface area contributed by atoms with Crippen molar-refractivity contribution in [2.75, 3.05) is 13.1 Å². The van der Waals surface area contributed by atoms with Gasteiger partial charge in [-0.25, -0.2) is 0 Å². The van der Waals surface area contributed by atoms with Crippen LogP contribution in [0.4, 0.5) is 0 Å². The number of carbonyl (C=O) groups is 2. The molecule has 0 aliphatic heterocycles. The number of hydrogen-bond donors (Lipinski definition) is 1. The Hall–Kier alpha value is -3.40. The minimum absolute atomic E-state index is 0.0738. The highest BCUT2D eigenvalue weighted by Crippen LogP contribution is 2.12. The van der Waals surface area contributed by atoms with Crippen molar-refractivity contribution >= 4 is 11.8 Å². The fraction of sp³-hybridized carbons (Fsp3) is 0.200. The van der Waals surface area contributed by atoms with Crippen molar-refractivity contribution in [2.24, 2.45) is 0 Å². The monoisotopic (exact) mass is 386 g/mol. The third kappa shape index (κ3) is 5.79. The minimum Gasteiger partial charge on any atom is -0.352 e. The summed E-state index contributed by atoms with van der Waals surface area (Å²) in [6, 6.07) is 26.9. The predicted molar refractivity (Wildman–Crippen MR) is 116 cm³/mol. The summed E-state index contributed by atoms with van der Waals surface area (Å²) in [6.45, 7) is 3.65. The van der Waals surface area contributed by atoms with Crippen LogP contribution in [-0.4, -0.2) is 29.8 Å². The molecule has 0 unspecified atom stereocenters. The van der Waals surface area contributed by atoms with Crippen LogP contribution in [-0.2, 0) is 13.0 Å². The quantitative estimate of drug-likeness (QED) is 0.627. The fourth-order valence-electron chi connectivity index (χ4n) is 3.17. The smallest absolute Gasteiger partial charge is 0.254 e. The van der Waals surface area contributed by atoms with Crippen LogP contribution in [0.1, 0.15) is 38.8 Å². The topological polar surface area (TPSA) is 49.4 Å². The van der Waals surface area contributed by atoms with Crippen molar-refractivity contribution in [3.63, 3.8) is 0 Å². The lowest BCUT2D eigenvalue weighted by Gasteiger charge is -2.21. The lowest BCUT2D eigenvalue weighted by atomic mass is 10.1. The molecule has 148 valence electrons. The van der Waals surface area contributed by atoms with Crippen molar-refractivity contribution in [2.45, 2.75) is 19.9 Å². The van der Waals surface area contributed by atoms with Gasteiger partial charge in [-0.1, -0.05) is 66.7 Å². The van der Waals surface area contributed by atoms with Crippen LogP contribution in [0.25, 0.3) is 0 Å². The van der Waals surface area contributed by atoms with E-state index in [1.54, 1.807) is 29.2 Å². The molecule has 0 spiro atoms. The first kappa shape index (κ1) is 20.3. The van der Waals surface area contributed by atoms with E-state index < -0.39 is 0 Å². The molecule has 0 atom stereocenters. The van der Waals surface area contributed by atoms with Gasteiger partial charge in [0.1, 0.15) is 0 Å². The highest BCUT2D eigenvalue weighted by atomic mass is 16.2. The number of amides is 2. The zero-order chi connectivity index (χ0) is 20.5. The van der Waals surface area contributed by atoms with E-state index in [0.29, 0.717) is 30.8 Å². The molecule has 0 bridgehead atoms. The molecular weight excluding hydrogens is 360 g/mol. The van der Waals surface area contributed by atoms with Crippen molar-refractivity contribution in [3.8, 4) is 0 Å². The largest absolute Gasteiger partial charge is 0.352 e. The molecule has 3 aromatic rings. The van der Waals surface area contributed by atoms with Crippen molar-refractivity contribution < 1.29 is 9.59 Å². The first-order chi connectivity index (χ1) is 14.2. The molecule has 0 aliphatic carbocycles. The molecule has 0 heterocycles. The van der Waals surface area contributed by atoms with E-state index in [2.05, 4.69) is 5.32 Å². The Balaban J connectivity index is 1.62. The van der Waals surface area contributed by atoms with Crippen LogP contribution in [0, 0.1) is 0 Å². The van der Waals surface area contributed by atoms with Gasteiger partial charge in [-0.3, -0.25) is 9.59 Å². The summed E-state index contributed by atoms with van der Waals surface area (Å²) in [4.78, 5) is 27.2. The number of hydrogen-bond acceptors (Lipinski definition) is 2. The fourth-order valence-corrected chi connectivity index (χ4v) is 3.17. The third-order valence-electron chi connectivity index (χ3n) is 4.80. The standard InChI is InChI=1S/C25H26N2O2/c1-2-27(19-21-12-7-4-8-13-21)25(29)23-15-9-14-22(18-23)24(28)26-17-16-20-10-5-3-6-11-20/h3-15,18H,2,16-17,19H2,1H3,(H,26,28). The van der Waals surface area contributed by atoms with Crippen LogP contribution in [0.2, 0.25) is 0 Å². The van der Waals surface area contributed by atoms with Crippen LogP contribution in [0.5, 0.6) is 0 Å². The highest BCUT2D eigenvalue weighted by Gasteiger charge is 2.16. The zero-order valence-electron chi connectivity index (χ0n) is 16.7. The van der Waals surface area contributed by atoms with Gasteiger partial charge in [0.2, 0.25) is 0 Å². The molecule has 0 aliphatic rings. The van der Waals surface area contributed by atoms with Gasteiger partial charge in [0.15, 0.2) is 0 Å². The van der Waals surface area contributed by atoms with Gasteiger partial charge in [-0.2, -0.15) is 0 Å². The van der Waals surface area contributed by atoms with E-state index in [-0.39, 0.29) is 11.8 Å². The molecule has 29 heavy (non-hydrogen) atoms. The zero-order valence-corrected chi connectivity index (χ0v) is 16.7. The molecular formula is C25H26N2O2. The maximum absolute atomic E-state index is 12.9. The Morgan fingerprint density at radius 2 is 1.41 bits per heavy atom. The third-order valence-corrected chi connectivity index (χ3v) is 4.80. The lowest BCUT2D eigenvalue weighted by molar-refractivity contribution is 0.0752. The first-order valence-electron chi connectivity index (χ1n) is 9.92. The molecule has 4 heteroatoms. The summed E-state index contributed by atoms with van der Waals surface area (Å²) in [7, 11) is 0. The molecule has 2 amide bonds. The van der Waals surface area contributed by atoms with Crippen LogP contribution >= 0.6 is 0 Å². The predicted octanol–water partition coefficient (Wildman–Crippen LogP) is 4.32. The SMILES string of the molecule is CCN(Cc1ccccc1)C(=O)c1cccc(C(=O)NCCc2ccccc2)c1. The Morgan fingerprint density at radius 1 is 0.793 bits per heavy atom. The molecule has 0 aromatic heterocycles. The summed E-state index contributed by atoms with van der Waals surface area (Å²) in [5.41, 5.74) is 3.28.